The van der Waals surface area contributed by atoms with Crippen molar-refractivity contribution in [1.82, 2.24) is 9.47 Å². The lowest BCUT2D eigenvalue weighted by Gasteiger charge is -2.35. The molecule has 1 amide bonds. The third-order valence-electron chi connectivity index (χ3n) is 5.22. The van der Waals surface area contributed by atoms with Crippen LogP contribution in [0, 0.1) is 0 Å². The largest absolute Gasteiger partial charge is 0.491 e. The fraction of sp³-hybridized carbons (Fsp3) is 0.478. The first-order valence-electron chi connectivity index (χ1n) is 10.5. The Morgan fingerprint density at radius 1 is 1.03 bits per heavy atom. The van der Waals surface area contributed by atoms with Gasteiger partial charge in [0.2, 0.25) is 0 Å². The molecular formula is C23H30N2O5. The van der Waals surface area contributed by atoms with Crippen molar-refractivity contribution in [3.8, 4) is 5.75 Å². The molecule has 1 aromatic carbocycles. The summed E-state index contributed by atoms with van der Waals surface area (Å²) in [7, 11) is 1.87. The zero-order valence-electron chi connectivity index (χ0n) is 17.5. The molecule has 0 spiro atoms. The summed E-state index contributed by atoms with van der Waals surface area (Å²) in [5.41, 5.74) is 0.685. The summed E-state index contributed by atoms with van der Waals surface area (Å²) in [6.07, 6.45) is 5.53. The number of amides is 1. The highest BCUT2D eigenvalue weighted by atomic mass is 16.6. The molecule has 0 bridgehead atoms. The monoisotopic (exact) mass is 414 g/mol. The first-order chi connectivity index (χ1) is 14.6. The number of likely N-dealkylation sites (tertiary alicyclic amines) is 1. The summed E-state index contributed by atoms with van der Waals surface area (Å²) in [6, 6.07) is 13.3. The Balaban J connectivity index is 1.33. The Morgan fingerprint density at radius 2 is 1.87 bits per heavy atom. The van der Waals surface area contributed by atoms with Gasteiger partial charge in [-0.05, 0) is 43.5 Å². The van der Waals surface area contributed by atoms with Crippen molar-refractivity contribution in [2.75, 3.05) is 33.0 Å². The van der Waals surface area contributed by atoms with Gasteiger partial charge in [0, 0.05) is 32.3 Å². The predicted molar refractivity (Wildman–Crippen MR) is 112 cm³/mol. The fourth-order valence-corrected chi connectivity index (χ4v) is 3.64. The molecular weight excluding hydrogens is 384 g/mol. The van der Waals surface area contributed by atoms with Crippen LogP contribution in [0.4, 0.5) is 0 Å². The van der Waals surface area contributed by atoms with Crippen LogP contribution >= 0.6 is 0 Å². The van der Waals surface area contributed by atoms with E-state index >= 15 is 0 Å². The number of para-hydroxylation sites is 1. The van der Waals surface area contributed by atoms with Gasteiger partial charge in [-0.1, -0.05) is 18.2 Å². The lowest BCUT2D eigenvalue weighted by Crippen LogP contribution is -2.44. The minimum atomic E-state index is -0.397. The van der Waals surface area contributed by atoms with Gasteiger partial charge in [0.1, 0.15) is 24.7 Å². The number of piperidine rings is 1. The second kappa shape index (κ2) is 11.4. The van der Waals surface area contributed by atoms with Crippen LogP contribution in [0.3, 0.4) is 0 Å². The predicted octanol–water partition coefficient (Wildman–Crippen LogP) is 3.05. The number of nitrogens with zero attached hydrogens (tertiary/aromatic N) is 2. The standard InChI is InChI=1S/C23H30N2O5/c1-24-13-7-11-21(24)23(27)25-14-6-5-8-19(25)12-15-30-22(26)18-28-16-17-29-20-9-3-2-4-10-20/h2-4,7,9-11,13,19H,5-6,8,12,14-18H2,1H3. The molecule has 30 heavy (non-hydrogen) atoms. The van der Waals surface area contributed by atoms with Gasteiger partial charge >= 0.3 is 5.97 Å². The molecule has 2 aromatic rings. The van der Waals surface area contributed by atoms with Gasteiger partial charge in [0.25, 0.3) is 5.91 Å². The number of hydrogen-bond acceptors (Lipinski definition) is 5. The molecule has 1 aliphatic heterocycles. The maximum atomic E-state index is 12.9. The molecule has 7 heteroatoms. The van der Waals surface area contributed by atoms with Crippen LogP contribution in [0.2, 0.25) is 0 Å². The van der Waals surface area contributed by atoms with Crippen molar-refractivity contribution in [2.24, 2.45) is 7.05 Å². The average molecular weight is 415 g/mol. The third kappa shape index (κ3) is 6.35. The average Bonchev–Trinajstić information content (AvgIpc) is 3.20. The van der Waals surface area contributed by atoms with Gasteiger partial charge in [0.05, 0.1) is 13.2 Å². The molecule has 0 radical (unpaired) electrons. The van der Waals surface area contributed by atoms with E-state index in [1.54, 1.807) is 0 Å². The van der Waals surface area contributed by atoms with Crippen LogP contribution in [0.25, 0.3) is 0 Å². The molecule has 1 fully saturated rings. The van der Waals surface area contributed by atoms with Gasteiger partial charge in [-0.15, -0.1) is 0 Å². The first-order valence-corrected chi connectivity index (χ1v) is 10.5. The summed E-state index contributed by atoms with van der Waals surface area (Å²) in [4.78, 5) is 26.7. The zero-order chi connectivity index (χ0) is 21.2. The van der Waals surface area contributed by atoms with Crippen LogP contribution in [0.15, 0.2) is 48.7 Å². The van der Waals surface area contributed by atoms with E-state index in [-0.39, 0.29) is 25.2 Å². The van der Waals surface area contributed by atoms with Crippen molar-refractivity contribution in [1.29, 1.82) is 0 Å². The first kappa shape index (κ1) is 21.9. The summed E-state index contributed by atoms with van der Waals surface area (Å²) in [6.45, 7) is 1.60. The lowest BCUT2D eigenvalue weighted by molar-refractivity contribution is -0.149. The number of carbonyl (C=O) groups is 2. The van der Waals surface area contributed by atoms with E-state index in [2.05, 4.69) is 0 Å². The van der Waals surface area contributed by atoms with Gasteiger partial charge in [-0.3, -0.25) is 4.79 Å². The minimum Gasteiger partial charge on any atom is -0.491 e. The van der Waals surface area contributed by atoms with Gasteiger partial charge in [0.15, 0.2) is 0 Å². The SMILES string of the molecule is Cn1cccc1C(=O)N1CCCCC1CCOC(=O)COCCOc1ccccc1. The highest BCUT2D eigenvalue weighted by Crippen LogP contribution is 2.22. The molecule has 1 atom stereocenters. The summed E-state index contributed by atoms with van der Waals surface area (Å²) >= 11 is 0. The molecule has 7 nitrogen and oxygen atoms in total. The van der Waals surface area contributed by atoms with Crippen molar-refractivity contribution < 1.29 is 23.8 Å². The number of benzene rings is 1. The van der Waals surface area contributed by atoms with Crippen LogP contribution in [0.5, 0.6) is 5.75 Å². The topological polar surface area (TPSA) is 70.0 Å². The van der Waals surface area contributed by atoms with Crippen molar-refractivity contribution in [3.05, 3.63) is 54.4 Å². The maximum absolute atomic E-state index is 12.9. The minimum absolute atomic E-state index is 0.0419. The highest BCUT2D eigenvalue weighted by Gasteiger charge is 2.28. The maximum Gasteiger partial charge on any atom is 0.332 e. The fourth-order valence-electron chi connectivity index (χ4n) is 3.64. The molecule has 0 N–H and O–H groups in total. The Morgan fingerprint density at radius 3 is 2.63 bits per heavy atom. The Hall–Kier alpha value is -2.80. The quantitative estimate of drug-likeness (QED) is 0.441. The second-order valence-corrected chi connectivity index (χ2v) is 7.38. The van der Waals surface area contributed by atoms with Crippen LogP contribution < -0.4 is 4.74 Å². The highest BCUT2D eigenvalue weighted by molar-refractivity contribution is 5.93. The van der Waals surface area contributed by atoms with Crippen LogP contribution in [-0.4, -0.2) is 60.4 Å². The summed E-state index contributed by atoms with van der Waals surface area (Å²) in [5.74, 6) is 0.414. The van der Waals surface area contributed by atoms with Gasteiger partial charge in [-0.25, -0.2) is 4.79 Å². The smallest absolute Gasteiger partial charge is 0.332 e. The van der Waals surface area contributed by atoms with Gasteiger partial charge < -0.3 is 23.7 Å². The Bertz CT molecular complexity index is 805. The molecule has 1 aliphatic rings. The Labute approximate surface area is 177 Å². The number of hydrogen-bond donors (Lipinski definition) is 0. The molecule has 0 saturated carbocycles. The number of aryl methyl sites for hydroxylation is 1. The third-order valence-corrected chi connectivity index (χ3v) is 5.22. The molecule has 1 saturated heterocycles. The van der Waals surface area contributed by atoms with E-state index in [4.69, 9.17) is 14.2 Å². The molecule has 162 valence electrons. The van der Waals surface area contributed by atoms with E-state index in [1.807, 2.05) is 65.2 Å². The molecule has 1 unspecified atom stereocenters. The Kier molecular flexibility index (Phi) is 8.32. The zero-order valence-corrected chi connectivity index (χ0v) is 17.5. The van der Waals surface area contributed by atoms with E-state index in [0.717, 1.165) is 31.6 Å². The normalized spacial score (nSPS) is 16.3. The molecule has 3 rings (SSSR count). The second-order valence-electron chi connectivity index (χ2n) is 7.38. The van der Waals surface area contributed by atoms with E-state index in [9.17, 15) is 9.59 Å². The van der Waals surface area contributed by atoms with Crippen molar-refractivity contribution in [3.63, 3.8) is 0 Å². The van der Waals surface area contributed by atoms with E-state index < -0.39 is 5.97 Å². The number of esters is 1. The van der Waals surface area contributed by atoms with E-state index in [1.165, 1.54) is 0 Å². The number of aromatic nitrogens is 1. The molecule has 0 aliphatic carbocycles. The van der Waals surface area contributed by atoms with Gasteiger partial charge in [-0.2, -0.15) is 0 Å². The van der Waals surface area contributed by atoms with Crippen LogP contribution in [0.1, 0.15) is 36.2 Å². The summed E-state index contributed by atoms with van der Waals surface area (Å²) in [5, 5.41) is 0. The number of rotatable bonds is 10. The number of carbonyl (C=O) groups excluding carboxylic acids is 2. The van der Waals surface area contributed by atoms with E-state index in [0.29, 0.717) is 25.3 Å². The molecule has 2 heterocycles. The number of ether oxygens (including phenoxy) is 3. The lowest BCUT2D eigenvalue weighted by atomic mass is 9.99. The molecule has 1 aromatic heterocycles. The van der Waals surface area contributed by atoms with Crippen molar-refractivity contribution >= 4 is 11.9 Å². The van der Waals surface area contributed by atoms with Crippen molar-refractivity contribution in [2.45, 2.75) is 31.7 Å². The van der Waals surface area contributed by atoms with Crippen LogP contribution in [-0.2, 0) is 21.3 Å². The summed E-state index contributed by atoms with van der Waals surface area (Å²) < 4.78 is 18.0.